The molecule has 2 heterocycles. The summed E-state index contributed by atoms with van der Waals surface area (Å²) < 4.78 is 4.94. The molecule has 0 saturated carbocycles. The van der Waals surface area contributed by atoms with Crippen LogP contribution in [0.3, 0.4) is 0 Å². The lowest BCUT2D eigenvalue weighted by molar-refractivity contribution is -0.145. The second-order valence-electron chi connectivity index (χ2n) is 7.79. The van der Waals surface area contributed by atoms with Crippen LogP contribution in [-0.4, -0.2) is 54.5 Å². The van der Waals surface area contributed by atoms with Crippen molar-refractivity contribution in [3.8, 4) is 0 Å². The van der Waals surface area contributed by atoms with Gasteiger partial charge in [0.2, 0.25) is 5.91 Å². The van der Waals surface area contributed by atoms with Crippen molar-refractivity contribution in [3.05, 3.63) is 78.0 Å². The minimum atomic E-state index is -0.725. The standard InChI is InChI=1S/C25H27N3O3/c1-31-25(30)23(15-20-16-26-22-10-6-5-9-21(20)22)27-24(29)17-28-13-11-19(12-14-28)18-7-3-2-4-8-18/h2-11,16,23,26H,12-15,17H2,1H3,(H,27,29)/t23-/m1/s1. The highest BCUT2D eigenvalue weighted by atomic mass is 16.5. The number of para-hydroxylation sites is 1. The molecule has 0 fully saturated rings. The number of amides is 1. The Bertz CT molecular complexity index is 1090. The zero-order valence-electron chi connectivity index (χ0n) is 17.6. The van der Waals surface area contributed by atoms with Crippen LogP contribution in [0.4, 0.5) is 0 Å². The fourth-order valence-corrected chi connectivity index (χ4v) is 4.07. The zero-order valence-corrected chi connectivity index (χ0v) is 17.6. The summed E-state index contributed by atoms with van der Waals surface area (Å²) in [6.45, 7) is 1.77. The molecule has 1 atom stereocenters. The summed E-state index contributed by atoms with van der Waals surface area (Å²) in [6, 6.07) is 17.5. The first-order chi connectivity index (χ1) is 15.1. The lowest BCUT2D eigenvalue weighted by atomic mass is 9.99. The van der Waals surface area contributed by atoms with Crippen molar-refractivity contribution < 1.29 is 14.3 Å². The summed E-state index contributed by atoms with van der Waals surface area (Å²) in [4.78, 5) is 30.3. The van der Waals surface area contributed by atoms with Crippen LogP contribution in [0.5, 0.6) is 0 Å². The van der Waals surface area contributed by atoms with E-state index >= 15 is 0 Å². The van der Waals surface area contributed by atoms with E-state index in [1.54, 1.807) is 0 Å². The largest absolute Gasteiger partial charge is 0.467 e. The molecule has 2 aromatic carbocycles. The van der Waals surface area contributed by atoms with Crippen LogP contribution in [0.2, 0.25) is 0 Å². The second kappa shape index (κ2) is 9.62. The van der Waals surface area contributed by atoms with Crippen LogP contribution in [0.1, 0.15) is 17.5 Å². The molecular formula is C25H27N3O3. The fourth-order valence-electron chi connectivity index (χ4n) is 4.07. The van der Waals surface area contributed by atoms with E-state index in [-0.39, 0.29) is 12.5 Å². The number of fused-ring (bicyclic) bond motifs is 1. The van der Waals surface area contributed by atoms with Gasteiger partial charge >= 0.3 is 5.97 Å². The number of methoxy groups -OCH3 is 1. The monoisotopic (exact) mass is 417 g/mol. The normalized spacial score (nSPS) is 15.3. The first-order valence-electron chi connectivity index (χ1n) is 10.5. The van der Waals surface area contributed by atoms with Gasteiger partial charge in [-0.2, -0.15) is 0 Å². The Balaban J connectivity index is 1.37. The molecule has 0 unspecified atom stereocenters. The highest BCUT2D eigenvalue weighted by Gasteiger charge is 2.24. The molecule has 6 nitrogen and oxygen atoms in total. The Kier molecular flexibility index (Phi) is 6.48. The minimum absolute atomic E-state index is 0.174. The summed E-state index contributed by atoms with van der Waals surface area (Å²) in [7, 11) is 1.34. The number of aromatic nitrogens is 1. The van der Waals surface area contributed by atoms with Gasteiger partial charge in [-0.3, -0.25) is 9.69 Å². The Labute approximate surface area is 181 Å². The summed E-state index contributed by atoms with van der Waals surface area (Å²) in [5.74, 6) is -0.615. The molecule has 31 heavy (non-hydrogen) atoms. The number of rotatable bonds is 7. The van der Waals surface area contributed by atoms with Crippen LogP contribution in [0.15, 0.2) is 66.9 Å². The van der Waals surface area contributed by atoms with Crippen molar-refractivity contribution >= 4 is 28.4 Å². The number of hydrogen-bond donors (Lipinski definition) is 2. The lowest BCUT2D eigenvalue weighted by Crippen LogP contribution is -2.47. The number of nitrogens with zero attached hydrogens (tertiary/aromatic N) is 1. The first-order valence-corrected chi connectivity index (χ1v) is 10.5. The average Bonchev–Trinajstić information content (AvgIpc) is 3.22. The van der Waals surface area contributed by atoms with E-state index in [0.717, 1.165) is 29.4 Å². The van der Waals surface area contributed by atoms with Crippen LogP contribution < -0.4 is 5.32 Å². The van der Waals surface area contributed by atoms with Gasteiger partial charge in [0, 0.05) is 36.6 Å². The molecule has 1 aromatic heterocycles. The maximum Gasteiger partial charge on any atom is 0.328 e. The third-order valence-electron chi connectivity index (χ3n) is 5.72. The predicted octanol–water partition coefficient (Wildman–Crippen LogP) is 3.16. The number of aromatic amines is 1. The van der Waals surface area contributed by atoms with Gasteiger partial charge < -0.3 is 15.0 Å². The lowest BCUT2D eigenvalue weighted by Gasteiger charge is -2.26. The van der Waals surface area contributed by atoms with Crippen molar-refractivity contribution in [2.24, 2.45) is 0 Å². The number of ether oxygens (including phenoxy) is 1. The van der Waals surface area contributed by atoms with Gasteiger partial charge in [0.25, 0.3) is 0 Å². The highest BCUT2D eigenvalue weighted by Crippen LogP contribution is 2.22. The van der Waals surface area contributed by atoms with Gasteiger partial charge in [-0.25, -0.2) is 4.79 Å². The minimum Gasteiger partial charge on any atom is -0.467 e. The van der Waals surface area contributed by atoms with Gasteiger partial charge in [0.05, 0.1) is 13.7 Å². The predicted molar refractivity (Wildman–Crippen MR) is 121 cm³/mol. The second-order valence-corrected chi connectivity index (χ2v) is 7.79. The third-order valence-corrected chi connectivity index (χ3v) is 5.72. The average molecular weight is 418 g/mol. The van der Waals surface area contributed by atoms with Crippen molar-refractivity contribution in [1.82, 2.24) is 15.2 Å². The zero-order chi connectivity index (χ0) is 21.6. The van der Waals surface area contributed by atoms with E-state index < -0.39 is 12.0 Å². The van der Waals surface area contributed by atoms with Crippen LogP contribution in [0.25, 0.3) is 16.5 Å². The summed E-state index contributed by atoms with van der Waals surface area (Å²) in [5.41, 5.74) is 4.52. The maximum absolute atomic E-state index is 12.7. The fraction of sp³-hybridized carbons (Fsp3) is 0.280. The Morgan fingerprint density at radius 1 is 1.13 bits per heavy atom. The number of nitrogens with one attached hydrogen (secondary N) is 2. The van der Waals surface area contributed by atoms with Gasteiger partial charge in [-0.05, 0) is 29.2 Å². The summed E-state index contributed by atoms with van der Waals surface area (Å²) in [6.07, 6.45) is 5.33. The van der Waals surface area contributed by atoms with E-state index in [1.807, 2.05) is 48.7 Å². The molecule has 1 aliphatic heterocycles. The quantitative estimate of drug-likeness (QED) is 0.579. The van der Waals surface area contributed by atoms with Crippen molar-refractivity contribution in [3.63, 3.8) is 0 Å². The molecule has 3 aromatic rings. The van der Waals surface area contributed by atoms with Gasteiger partial charge in [0.1, 0.15) is 6.04 Å². The Morgan fingerprint density at radius 3 is 2.65 bits per heavy atom. The Hall–Kier alpha value is -3.38. The number of carbonyl (C=O) groups excluding carboxylic acids is 2. The molecule has 0 bridgehead atoms. The third kappa shape index (κ3) is 5.03. The molecule has 1 amide bonds. The SMILES string of the molecule is COC(=O)[C@@H](Cc1c[nH]c2ccccc12)NC(=O)CN1CC=C(c2ccccc2)CC1. The molecule has 0 spiro atoms. The molecule has 160 valence electrons. The smallest absolute Gasteiger partial charge is 0.328 e. The molecule has 1 aliphatic rings. The Morgan fingerprint density at radius 2 is 1.90 bits per heavy atom. The van der Waals surface area contributed by atoms with E-state index in [4.69, 9.17) is 4.74 Å². The number of benzene rings is 2. The van der Waals surface area contributed by atoms with Crippen molar-refractivity contribution in [2.45, 2.75) is 18.9 Å². The van der Waals surface area contributed by atoms with Crippen molar-refractivity contribution in [2.75, 3.05) is 26.7 Å². The van der Waals surface area contributed by atoms with Crippen molar-refractivity contribution in [1.29, 1.82) is 0 Å². The topological polar surface area (TPSA) is 74.4 Å². The number of carbonyl (C=O) groups is 2. The van der Waals surface area contributed by atoms with Gasteiger partial charge in [0.15, 0.2) is 0 Å². The number of H-pyrrole nitrogens is 1. The van der Waals surface area contributed by atoms with Gasteiger partial charge in [-0.15, -0.1) is 0 Å². The molecular weight excluding hydrogens is 390 g/mol. The van der Waals surface area contributed by atoms with Crippen LogP contribution in [0, 0.1) is 0 Å². The molecule has 0 aliphatic carbocycles. The summed E-state index contributed by atoms with van der Waals surface area (Å²) in [5, 5.41) is 3.91. The van der Waals surface area contributed by atoms with Crippen LogP contribution in [-0.2, 0) is 20.7 Å². The maximum atomic E-state index is 12.7. The van der Waals surface area contributed by atoms with E-state index in [0.29, 0.717) is 13.0 Å². The summed E-state index contributed by atoms with van der Waals surface area (Å²) >= 11 is 0. The van der Waals surface area contributed by atoms with E-state index in [2.05, 4.69) is 33.4 Å². The molecule has 4 rings (SSSR count). The van der Waals surface area contributed by atoms with E-state index in [9.17, 15) is 9.59 Å². The molecule has 0 saturated heterocycles. The molecule has 6 heteroatoms. The van der Waals surface area contributed by atoms with Crippen LogP contribution >= 0.6 is 0 Å². The highest BCUT2D eigenvalue weighted by molar-refractivity contribution is 5.88. The first kappa shape index (κ1) is 20.9. The molecule has 0 radical (unpaired) electrons. The number of hydrogen-bond acceptors (Lipinski definition) is 4. The van der Waals surface area contributed by atoms with Gasteiger partial charge in [-0.1, -0.05) is 54.6 Å². The molecule has 2 N–H and O–H groups in total. The van der Waals surface area contributed by atoms with E-state index in [1.165, 1.54) is 18.2 Å². The number of esters is 1.